The minimum atomic E-state index is -0.916. The van der Waals surface area contributed by atoms with Gasteiger partial charge in [0.25, 0.3) is 0 Å². The number of carbonyl (C=O) groups excluding carboxylic acids is 1. The van der Waals surface area contributed by atoms with Gasteiger partial charge in [0, 0.05) is 17.9 Å². The Morgan fingerprint density at radius 3 is 2.50 bits per heavy atom. The molecule has 0 saturated carbocycles. The van der Waals surface area contributed by atoms with Crippen molar-refractivity contribution in [2.75, 3.05) is 0 Å². The van der Waals surface area contributed by atoms with Gasteiger partial charge in [-0.3, -0.25) is 4.79 Å². The smallest absolute Gasteiger partial charge is 0.166 e. The van der Waals surface area contributed by atoms with Gasteiger partial charge < -0.3 is 0 Å². The van der Waals surface area contributed by atoms with E-state index < -0.39 is 11.6 Å². The predicted molar refractivity (Wildman–Crippen MR) is 79.4 cm³/mol. The van der Waals surface area contributed by atoms with Crippen molar-refractivity contribution in [1.29, 1.82) is 0 Å². The SMILES string of the molecule is CC(C)(C)c1nn(-c2ccc(F)c(F)c2)c2c1C(=O)CCC2. The van der Waals surface area contributed by atoms with E-state index in [0.717, 1.165) is 29.9 Å². The van der Waals surface area contributed by atoms with Crippen molar-refractivity contribution < 1.29 is 13.6 Å². The van der Waals surface area contributed by atoms with Gasteiger partial charge >= 0.3 is 0 Å². The van der Waals surface area contributed by atoms with Gasteiger partial charge in [-0.05, 0) is 25.0 Å². The van der Waals surface area contributed by atoms with Crippen LogP contribution < -0.4 is 0 Å². The summed E-state index contributed by atoms with van der Waals surface area (Å²) < 4.78 is 28.3. The van der Waals surface area contributed by atoms with E-state index in [0.29, 0.717) is 24.1 Å². The molecule has 0 radical (unpaired) electrons. The highest BCUT2D eigenvalue weighted by molar-refractivity contribution is 5.99. The van der Waals surface area contributed by atoms with Crippen LogP contribution in [0.1, 0.15) is 55.4 Å². The van der Waals surface area contributed by atoms with E-state index in [4.69, 9.17) is 0 Å². The third kappa shape index (κ3) is 2.34. The fourth-order valence-electron chi connectivity index (χ4n) is 2.87. The molecule has 22 heavy (non-hydrogen) atoms. The van der Waals surface area contributed by atoms with Crippen LogP contribution in [-0.2, 0) is 11.8 Å². The zero-order valence-corrected chi connectivity index (χ0v) is 12.9. The summed E-state index contributed by atoms with van der Waals surface area (Å²) in [5.74, 6) is -1.72. The summed E-state index contributed by atoms with van der Waals surface area (Å²) in [6.45, 7) is 5.98. The molecule has 0 amide bonds. The van der Waals surface area contributed by atoms with Gasteiger partial charge in [-0.25, -0.2) is 13.5 Å². The Morgan fingerprint density at radius 2 is 1.86 bits per heavy atom. The van der Waals surface area contributed by atoms with Gasteiger partial charge in [0.2, 0.25) is 0 Å². The zero-order valence-electron chi connectivity index (χ0n) is 12.9. The molecule has 0 fully saturated rings. The Balaban J connectivity index is 2.24. The van der Waals surface area contributed by atoms with E-state index in [1.807, 2.05) is 20.8 Å². The first-order valence-corrected chi connectivity index (χ1v) is 7.40. The second-order valence-corrected chi connectivity index (χ2v) is 6.71. The molecule has 0 saturated heterocycles. The molecule has 0 bridgehead atoms. The summed E-state index contributed by atoms with van der Waals surface area (Å²) in [5, 5.41) is 4.56. The fraction of sp³-hybridized carbons (Fsp3) is 0.412. The Kier molecular flexibility index (Phi) is 3.38. The quantitative estimate of drug-likeness (QED) is 0.799. The normalized spacial score (nSPS) is 15.0. The third-order valence-corrected chi connectivity index (χ3v) is 3.94. The topological polar surface area (TPSA) is 34.9 Å². The van der Waals surface area contributed by atoms with Crippen LogP contribution in [0.15, 0.2) is 18.2 Å². The molecule has 1 aromatic carbocycles. The Morgan fingerprint density at radius 1 is 1.14 bits per heavy atom. The van der Waals surface area contributed by atoms with E-state index in [-0.39, 0.29) is 11.2 Å². The molecule has 116 valence electrons. The summed E-state index contributed by atoms with van der Waals surface area (Å²) in [5.41, 5.74) is 2.33. The molecular formula is C17H18F2N2O. The lowest BCUT2D eigenvalue weighted by Gasteiger charge is -2.19. The Labute approximate surface area is 128 Å². The van der Waals surface area contributed by atoms with Crippen LogP contribution in [0.4, 0.5) is 8.78 Å². The second-order valence-electron chi connectivity index (χ2n) is 6.71. The number of nitrogens with zero attached hydrogens (tertiary/aromatic N) is 2. The van der Waals surface area contributed by atoms with Crippen LogP contribution in [0.2, 0.25) is 0 Å². The second kappa shape index (κ2) is 5.00. The number of hydrogen-bond donors (Lipinski definition) is 0. The monoisotopic (exact) mass is 304 g/mol. The van der Waals surface area contributed by atoms with Gasteiger partial charge in [0.15, 0.2) is 17.4 Å². The van der Waals surface area contributed by atoms with Crippen LogP contribution in [0.3, 0.4) is 0 Å². The van der Waals surface area contributed by atoms with Crippen LogP contribution in [0, 0.1) is 11.6 Å². The first kappa shape index (κ1) is 14.9. The summed E-state index contributed by atoms with van der Waals surface area (Å²) in [4.78, 5) is 12.3. The number of carbonyl (C=O) groups is 1. The molecule has 1 aromatic heterocycles. The maximum atomic E-state index is 13.5. The van der Waals surface area contributed by atoms with E-state index >= 15 is 0 Å². The molecular weight excluding hydrogens is 286 g/mol. The number of hydrogen-bond acceptors (Lipinski definition) is 2. The summed E-state index contributed by atoms with van der Waals surface area (Å²) >= 11 is 0. The number of benzene rings is 1. The fourth-order valence-corrected chi connectivity index (χ4v) is 2.87. The van der Waals surface area contributed by atoms with Crippen molar-refractivity contribution >= 4 is 5.78 Å². The van der Waals surface area contributed by atoms with Gasteiger partial charge in [-0.15, -0.1) is 0 Å². The molecule has 1 heterocycles. The highest BCUT2D eigenvalue weighted by Crippen LogP contribution is 2.33. The van der Waals surface area contributed by atoms with Crippen molar-refractivity contribution in [1.82, 2.24) is 9.78 Å². The third-order valence-electron chi connectivity index (χ3n) is 3.94. The summed E-state index contributed by atoms with van der Waals surface area (Å²) in [6.07, 6.45) is 1.98. The molecule has 0 unspecified atom stereocenters. The lowest BCUT2D eigenvalue weighted by atomic mass is 9.84. The van der Waals surface area contributed by atoms with E-state index in [1.165, 1.54) is 6.07 Å². The Bertz CT molecular complexity index is 757. The van der Waals surface area contributed by atoms with Crippen molar-refractivity contribution in [3.05, 3.63) is 46.8 Å². The molecule has 0 N–H and O–H groups in total. The average Bonchev–Trinajstić information content (AvgIpc) is 2.83. The van der Waals surface area contributed by atoms with E-state index in [1.54, 1.807) is 4.68 Å². The van der Waals surface area contributed by atoms with Crippen LogP contribution in [-0.4, -0.2) is 15.6 Å². The summed E-state index contributed by atoms with van der Waals surface area (Å²) in [6, 6.07) is 3.69. The van der Waals surface area contributed by atoms with Crippen molar-refractivity contribution in [2.45, 2.75) is 45.4 Å². The molecule has 1 aliphatic carbocycles. The number of halogens is 2. The largest absolute Gasteiger partial charge is 0.294 e. The first-order chi connectivity index (χ1) is 10.3. The molecule has 2 aromatic rings. The maximum Gasteiger partial charge on any atom is 0.166 e. The van der Waals surface area contributed by atoms with Gasteiger partial charge in [0.1, 0.15) is 0 Å². The average molecular weight is 304 g/mol. The minimum Gasteiger partial charge on any atom is -0.294 e. The number of ketones is 1. The van der Waals surface area contributed by atoms with Gasteiger partial charge in [-0.2, -0.15) is 5.10 Å². The van der Waals surface area contributed by atoms with Crippen molar-refractivity contribution in [3.8, 4) is 5.69 Å². The van der Waals surface area contributed by atoms with Crippen molar-refractivity contribution in [3.63, 3.8) is 0 Å². The van der Waals surface area contributed by atoms with Crippen molar-refractivity contribution in [2.24, 2.45) is 0 Å². The standard InChI is InChI=1S/C17H18F2N2O/c1-17(2,3)16-15-13(5-4-6-14(15)22)21(20-16)10-7-8-11(18)12(19)9-10/h7-9H,4-6H2,1-3H3. The number of fused-ring (bicyclic) bond motifs is 1. The maximum absolute atomic E-state index is 13.5. The highest BCUT2D eigenvalue weighted by Gasteiger charge is 2.32. The number of aromatic nitrogens is 2. The molecule has 5 heteroatoms. The van der Waals surface area contributed by atoms with Crippen LogP contribution in [0.25, 0.3) is 5.69 Å². The molecule has 0 aliphatic heterocycles. The minimum absolute atomic E-state index is 0.0833. The first-order valence-electron chi connectivity index (χ1n) is 7.40. The zero-order chi connectivity index (χ0) is 16.1. The number of Topliss-reactive ketones (excluding diaryl/α,β-unsaturated/α-hetero) is 1. The molecule has 3 nitrogen and oxygen atoms in total. The summed E-state index contributed by atoms with van der Waals surface area (Å²) in [7, 11) is 0. The molecule has 3 rings (SSSR count). The lowest BCUT2D eigenvalue weighted by Crippen LogP contribution is -2.19. The number of rotatable bonds is 1. The molecule has 0 spiro atoms. The predicted octanol–water partition coefficient (Wildman–Crippen LogP) is 3.97. The Hall–Kier alpha value is -2.04. The lowest BCUT2D eigenvalue weighted by molar-refractivity contribution is 0.0970. The van der Waals surface area contributed by atoms with Crippen LogP contribution >= 0.6 is 0 Å². The van der Waals surface area contributed by atoms with E-state index in [2.05, 4.69) is 5.10 Å². The van der Waals surface area contributed by atoms with Gasteiger partial charge in [-0.1, -0.05) is 20.8 Å². The molecule has 1 aliphatic rings. The van der Waals surface area contributed by atoms with E-state index in [9.17, 15) is 13.6 Å². The van der Waals surface area contributed by atoms with Crippen LogP contribution in [0.5, 0.6) is 0 Å². The highest BCUT2D eigenvalue weighted by atomic mass is 19.2. The van der Waals surface area contributed by atoms with Gasteiger partial charge in [0.05, 0.1) is 22.6 Å². The molecule has 0 atom stereocenters.